The van der Waals surface area contributed by atoms with Crippen LogP contribution in [-0.2, 0) is 0 Å². The van der Waals surface area contributed by atoms with Crippen molar-refractivity contribution < 1.29 is 15.0 Å². The lowest BCUT2D eigenvalue weighted by molar-refractivity contribution is 0.0429. The monoisotopic (exact) mass is 265 g/mol. The molecule has 0 fully saturated rings. The summed E-state index contributed by atoms with van der Waals surface area (Å²) < 4.78 is 0. The van der Waals surface area contributed by atoms with Gasteiger partial charge in [0.25, 0.3) is 5.91 Å². The number of amides is 1. The van der Waals surface area contributed by atoms with E-state index in [1.165, 1.54) is 12.1 Å². The van der Waals surface area contributed by atoms with Crippen LogP contribution in [0.5, 0.6) is 5.75 Å². The third-order valence-electron chi connectivity index (χ3n) is 3.00. The van der Waals surface area contributed by atoms with Gasteiger partial charge in [0.05, 0.1) is 5.60 Å². The van der Waals surface area contributed by atoms with Crippen LogP contribution in [0.4, 0.5) is 0 Å². The van der Waals surface area contributed by atoms with Crippen LogP contribution in [0.1, 0.15) is 44.0 Å². The molecule has 0 saturated heterocycles. The Bertz CT molecular complexity index is 427. The van der Waals surface area contributed by atoms with E-state index in [9.17, 15) is 15.0 Å². The maximum Gasteiger partial charge on any atom is 0.251 e. The SMILES string of the molecule is CC(C)CCC(C)(O)CNC(=O)c1cccc(O)c1. The van der Waals surface area contributed by atoms with Crippen molar-refractivity contribution in [3.8, 4) is 5.75 Å². The normalized spacial score (nSPS) is 14.2. The highest BCUT2D eigenvalue weighted by atomic mass is 16.3. The molecule has 1 aromatic carbocycles. The number of rotatable bonds is 6. The summed E-state index contributed by atoms with van der Waals surface area (Å²) in [6.45, 7) is 6.12. The zero-order valence-electron chi connectivity index (χ0n) is 11.8. The molecule has 0 aliphatic carbocycles. The number of hydrogen-bond donors (Lipinski definition) is 3. The van der Waals surface area contributed by atoms with Crippen molar-refractivity contribution in [2.75, 3.05) is 6.54 Å². The van der Waals surface area contributed by atoms with Crippen LogP contribution in [0, 0.1) is 5.92 Å². The lowest BCUT2D eigenvalue weighted by Gasteiger charge is -2.24. The molecular formula is C15H23NO3. The second kappa shape index (κ2) is 6.57. The quantitative estimate of drug-likeness (QED) is 0.739. The highest BCUT2D eigenvalue weighted by Crippen LogP contribution is 2.16. The number of nitrogens with one attached hydrogen (secondary N) is 1. The van der Waals surface area contributed by atoms with E-state index < -0.39 is 5.60 Å². The van der Waals surface area contributed by atoms with E-state index in [2.05, 4.69) is 19.2 Å². The van der Waals surface area contributed by atoms with Crippen molar-refractivity contribution in [2.24, 2.45) is 5.92 Å². The lowest BCUT2D eigenvalue weighted by Crippen LogP contribution is -2.40. The van der Waals surface area contributed by atoms with Crippen LogP contribution in [0.3, 0.4) is 0 Å². The Morgan fingerprint density at radius 1 is 1.42 bits per heavy atom. The van der Waals surface area contributed by atoms with Crippen molar-refractivity contribution in [1.29, 1.82) is 0 Å². The Balaban J connectivity index is 2.49. The van der Waals surface area contributed by atoms with Crippen LogP contribution in [0.15, 0.2) is 24.3 Å². The molecule has 1 unspecified atom stereocenters. The molecule has 0 aliphatic rings. The van der Waals surface area contributed by atoms with E-state index in [1.54, 1.807) is 19.1 Å². The molecule has 0 heterocycles. The molecule has 0 aromatic heterocycles. The Morgan fingerprint density at radius 3 is 2.68 bits per heavy atom. The first-order valence-electron chi connectivity index (χ1n) is 6.60. The highest BCUT2D eigenvalue weighted by molar-refractivity contribution is 5.94. The van der Waals surface area contributed by atoms with Gasteiger partial charge in [0.1, 0.15) is 5.75 Å². The van der Waals surface area contributed by atoms with Crippen molar-refractivity contribution in [2.45, 2.75) is 39.2 Å². The number of hydrogen-bond acceptors (Lipinski definition) is 3. The fourth-order valence-corrected chi connectivity index (χ4v) is 1.71. The van der Waals surface area contributed by atoms with Gasteiger partial charge in [0, 0.05) is 12.1 Å². The third-order valence-corrected chi connectivity index (χ3v) is 3.00. The maximum absolute atomic E-state index is 11.8. The lowest BCUT2D eigenvalue weighted by atomic mass is 9.95. The molecule has 1 aromatic rings. The molecular weight excluding hydrogens is 242 g/mol. The summed E-state index contributed by atoms with van der Waals surface area (Å²) in [5, 5.41) is 22.1. The van der Waals surface area contributed by atoms with E-state index >= 15 is 0 Å². The molecule has 4 nitrogen and oxygen atoms in total. The maximum atomic E-state index is 11.8. The molecule has 4 heteroatoms. The Hall–Kier alpha value is -1.55. The standard InChI is InChI=1S/C15H23NO3/c1-11(2)7-8-15(3,19)10-16-14(18)12-5-4-6-13(17)9-12/h4-6,9,11,17,19H,7-8,10H2,1-3H3,(H,16,18). The van der Waals surface area contributed by atoms with Gasteiger partial charge in [-0.2, -0.15) is 0 Å². The fraction of sp³-hybridized carbons (Fsp3) is 0.533. The Kier molecular flexibility index (Phi) is 5.36. The zero-order valence-corrected chi connectivity index (χ0v) is 11.8. The molecule has 19 heavy (non-hydrogen) atoms. The predicted octanol–water partition coefficient (Wildman–Crippen LogP) is 2.31. The second-order valence-electron chi connectivity index (χ2n) is 5.66. The number of carbonyl (C=O) groups is 1. The average molecular weight is 265 g/mol. The van der Waals surface area contributed by atoms with Crippen molar-refractivity contribution in [1.82, 2.24) is 5.32 Å². The summed E-state index contributed by atoms with van der Waals surface area (Å²) in [6, 6.07) is 6.15. The number of phenols is 1. The first-order valence-corrected chi connectivity index (χ1v) is 6.60. The van der Waals surface area contributed by atoms with Gasteiger partial charge in [-0.15, -0.1) is 0 Å². The molecule has 0 radical (unpaired) electrons. The van der Waals surface area contributed by atoms with Gasteiger partial charge in [-0.25, -0.2) is 0 Å². The minimum absolute atomic E-state index is 0.0548. The molecule has 1 amide bonds. The first-order chi connectivity index (χ1) is 8.80. The zero-order chi connectivity index (χ0) is 14.5. The third kappa shape index (κ3) is 5.75. The summed E-state index contributed by atoms with van der Waals surface area (Å²) >= 11 is 0. The van der Waals surface area contributed by atoms with Crippen LogP contribution < -0.4 is 5.32 Å². The van der Waals surface area contributed by atoms with Crippen LogP contribution in [0.2, 0.25) is 0 Å². The number of aliphatic hydroxyl groups is 1. The molecule has 3 N–H and O–H groups in total. The van der Waals surface area contributed by atoms with E-state index in [4.69, 9.17) is 0 Å². The van der Waals surface area contributed by atoms with E-state index in [1.807, 2.05) is 0 Å². The summed E-state index contributed by atoms with van der Waals surface area (Å²) in [6.07, 6.45) is 1.56. The Labute approximate surface area is 114 Å². The van der Waals surface area contributed by atoms with Crippen LogP contribution >= 0.6 is 0 Å². The number of benzene rings is 1. The van der Waals surface area contributed by atoms with Gasteiger partial charge in [0.2, 0.25) is 0 Å². The van der Waals surface area contributed by atoms with Crippen LogP contribution in [-0.4, -0.2) is 28.3 Å². The summed E-state index contributed by atoms with van der Waals surface area (Å²) in [5.41, 5.74) is -0.517. The van der Waals surface area contributed by atoms with Crippen molar-refractivity contribution in [3.63, 3.8) is 0 Å². The highest BCUT2D eigenvalue weighted by Gasteiger charge is 2.21. The Morgan fingerprint density at radius 2 is 2.11 bits per heavy atom. The van der Waals surface area contributed by atoms with Gasteiger partial charge in [-0.1, -0.05) is 19.9 Å². The summed E-state index contributed by atoms with van der Waals surface area (Å²) in [4.78, 5) is 11.8. The second-order valence-corrected chi connectivity index (χ2v) is 5.66. The molecule has 0 bridgehead atoms. The van der Waals surface area contributed by atoms with Gasteiger partial charge < -0.3 is 15.5 Å². The minimum atomic E-state index is -0.906. The van der Waals surface area contributed by atoms with Crippen molar-refractivity contribution in [3.05, 3.63) is 29.8 Å². The summed E-state index contributed by atoms with van der Waals surface area (Å²) in [5.74, 6) is 0.285. The van der Waals surface area contributed by atoms with Gasteiger partial charge >= 0.3 is 0 Å². The smallest absolute Gasteiger partial charge is 0.251 e. The topological polar surface area (TPSA) is 69.6 Å². The molecule has 106 valence electrons. The molecule has 0 aliphatic heterocycles. The van der Waals surface area contributed by atoms with Gasteiger partial charge in [-0.05, 0) is 43.9 Å². The molecule has 0 spiro atoms. The predicted molar refractivity (Wildman–Crippen MR) is 75.1 cm³/mol. The molecule has 1 atom stereocenters. The van der Waals surface area contributed by atoms with E-state index in [0.717, 1.165) is 6.42 Å². The van der Waals surface area contributed by atoms with E-state index in [-0.39, 0.29) is 18.2 Å². The molecule has 1 rings (SSSR count). The van der Waals surface area contributed by atoms with Crippen molar-refractivity contribution >= 4 is 5.91 Å². The number of aromatic hydroxyl groups is 1. The minimum Gasteiger partial charge on any atom is -0.508 e. The number of carbonyl (C=O) groups excluding carboxylic acids is 1. The van der Waals surface area contributed by atoms with Gasteiger partial charge in [-0.3, -0.25) is 4.79 Å². The van der Waals surface area contributed by atoms with Gasteiger partial charge in [0.15, 0.2) is 0 Å². The largest absolute Gasteiger partial charge is 0.508 e. The fourth-order valence-electron chi connectivity index (χ4n) is 1.71. The average Bonchev–Trinajstić information content (AvgIpc) is 2.34. The van der Waals surface area contributed by atoms with E-state index in [0.29, 0.717) is 17.9 Å². The summed E-state index contributed by atoms with van der Waals surface area (Å²) in [7, 11) is 0. The number of phenolic OH excluding ortho intramolecular Hbond substituents is 1. The van der Waals surface area contributed by atoms with Crippen LogP contribution in [0.25, 0.3) is 0 Å². The first kappa shape index (κ1) is 15.5. The molecule has 0 saturated carbocycles.